The molecule has 6 rings (SSSR count). The number of nitrogens with zero attached hydrogens (tertiary/aromatic N) is 2. The molecule has 0 unspecified atom stereocenters. The number of fused-ring (bicyclic) bond motifs is 2. The van der Waals surface area contributed by atoms with Crippen molar-refractivity contribution in [3.63, 3.8) is 0 Å². The number of rotatable bonds is 5. The van der Waals surface area contributed by atoms with E-state index >= 15 is 0 Å². The van der Waals surface area contributed by atoms with Crippen LogP contribution in [0.2, 0.25) is 0 Å². The fourth-order valence-electron chi connectivity index (χ4n) is 4.50. The van der Waals surface area contributed by atoms with E-state index in [9.17, 15) is 4.79 Å². The highest BCUT2D eigenvalue weighted by Gasteiger charge is 2.28. The number of hydrogen-bond acceptors (Lipinski definition) is 5. The molecule has 4 nitrogen and oxygen atoms in total. The second-order valence-electron chi connectivity index (χ2n) is 8.60. The molecule has 3 heterocycles. The van der Waals surface area contributed by atoms with Crippen molar-refractivity contribution in [2.75, 3.05) is 11.9 Å². The van der Waals surface area contributed by atoms with Gasteiger partial charge in [0.1, 0.15) is 10.0 Å². The molecule has 0 aliphatic carbocycles. The number of carbonyl (C=O) groups is 1. The molecule has 1 aliphatic heterocycles. The number of nitrogens with one attached hydrogen (secondary N) is 1. The number of benzene rings is 3. The third kappa shape index (κ3) is 5.12. The van der Waals surface area contributed by atoms with E-state index in [1.54, 1.807) is 22.7 Å². The van der Waals surface area contributed by atoms with E-state index in [0.717, 1.165) is 56.3 Å². The molecule has 36 heavy (non-hydrogen) atoms. The van der Waals surface area contributed by atoms with Crippen molar-refractivity contribution in [3.8, 4) is 10.6 Å². The normalized spacial score (nSPS) is 13.2. The minimum Gasteiger partial charge on any atom is -0.313 e. The van der Waals surface area contributed by atoms with E-state index < -0.39 is 0 Å². The summed E-state index contributed by atoms with van der Waals surface area (Å²) in [4.78, 5) is 21.9. The summed E-state index contributed by atoms with van der Waals surface area (Å²) in [5, 5.41) is 5.09. The second kappa shape index (κ2) is 10.8. The SMILES string of the molecule is Cl.O=C(Nc1sc2c(c1-c1nc3ccccc3s1)CCN(Cc1ccccc1)C2)c1ccc(Br)cc1. The molecule has 182 valence electrons. The van der Waals surface area contributed by atoms with Gasteiger partial charge in [0.05, 0.1) is 10.2 Å². The maximum Gasteiger partial charge on any atom is 0.256 e. The van der Waals surface area contributed by atoms with Crippen molar-refractivity contribution in [1.29, 1.82) is 0 Å². The minimum atomic E-state index is -0.0976. The Morgan fingerprint density at radius 2 is 1.72 bits per heavy atom. The van der Waals surface area contributed by atoms with Gasteiger partial charge < -0.3 is 5.32 Å². The molecule has 0 saturated heterocycles. The lowest BCUT2D eigenvalue weighted by Gasteiger charge is -2.27. The van der Waals surface area contributed by atoms with Crippen LogP contribution >= 0.6 is 51.0 Å². The van der Waals surface area contributed by atoms with Crippen LogP contribution in [-0.2, 0) is 19.5 Å². The van der Waals surface area contributed by atoms with Gasteiger partial charge in [0, 0.05) is 40.1 Å². The Labute approximate surface area is 232 Å². The highest BCUT2D eigenvalue weighted by molar-refractivity contribution is 9.10. The third-order valence-electron chi connectivity index (χ3n) is 6.23. The standard InChI is InChI=1S/C28H22BrN3OS2.ClH/c29-20-12-10-19(11-13-20)26(33)31-28-25(27-30-22-8-4-5-9-23(22)34-27)21-14-15-32(17-24(21)35-28)16-18-6-2-1-3-7-18;/h1-13H,14-17H2,(H,31,33);1H. The lowest BCUT2D eigenvalue weighted by molar-refractivity contribution is 0.102. The molecule has 0 atom stereocenters. The predicted molar refractivity (Wildman–Crippen MR) is 157 cm³/mol. The first kappa shape index (κ1) is 25.1. The van der Waals surface area contributed by atoms with E-state index in [4.69, 9.17) is 4.98 Å². The third-order valence-corrected chi connectivity index (χ3v) is 8.94. The maximum absolute atomic E-state index is 13.2. The summed E-state index contributed by atoms with van der Waals surface area (Å²) in [5.41, 5.74) is 5.38. The molecule has 0 spiro atoms. The summed E-state index contributed by atoms with van der Waals surface area (Å²) in [7, 11) is 0. The van der Waals surface area contributed by atoms with Crippen LogP contribution in [0.4, 0.5) is 5.00 Å². The predicted octanol–water partition coefficient (Wildman–Crippen LogP) is 8.02. The van der Waals surface area contributed by atoms with Gasteiger partial charge in [-0.1, -0.05) is 58.4 Å². The summed E-state index contributed by atoms with van der Waals surface area (Å²) < 4.78 is 2.11. The molecule has 0 saturated carbocycles. The smallest absolute Gasteiger partial charge is 0.256 e. The topological polar surface area (TPSA) is 45.2 Å². The van der Waals surface area contributed by atoms with Gasteiger partial charge in [-0.15, -0.1) is 35.1 Å². The summed E-state index contributed by atoms with van der Waals surface area (Å²) in [6.07, 6.45) is 0.943. The van der Waals surface area contributed by atoms with E-state index in [2.05, 4.69) is 68.6 Å². The summed E-state index contributed by atoms with van der Waals surface area (Å²) in [6, 6.07) is 26.3. The Balaban J connectivity index is 0.00000267. The van der Waals surface area contributed by atoms with E-state index in [-0.39, 0.29) is 18.3 Å². The van der Waals surface area contributed by atoms with Gasteiger partial charge in [0.2, 0.25) is 0 Å². The number of para-hydroxylation sites is 1. The molecule has 0 bridgehead atoms. The van der Waals surface area contributed by atoms with E-state index in [0.29, 0.717) is 5.56 Å². The Kier molecular flexibility index (Phi) is 7.55. The molecule has 8 heteroatoms. The molecule has 0 radical (unpaired) electrons. The number of halogens is 2. The first-order valence-electron chi connectivity index (χ1n) is 11.5. The van der Waals surface area contributed by atoms with Crippen molar-refractivity contribution in [2.24, 2.45) is 0 Å². The number of hydrogen-bond donors (Lipinski definition) is 1. The fraction of sp³-hybridized carbons (Fsp3) is 0.143. The zero-order chi connectivity index (χ0) is 23.8. The van der Waals surface area contributed by atoms with Crippen molar-refractivity contribution in [3.05, 3.63) is 105 Å². The van der Waals surface area contributed by atoms with Gasteiger partial charge in [0.25, 0.3) is 5.91 Å². The monoisotopic (exact) mass is 595 g/mol. The van der Waals surface area contributed by atoms with E-state index in [1.165, 1.54) is 16.0 Å². The lowest BCUT2D eigenvalue weighted by Crippen LogP contribution is -2.29. The number of thiazole rings is 1. The van der Waals surface area contributed by atoms with Crippen molar-refractivity contribution >= 4 is 72.1 Å². The van der Waals surface area contributed by atoms with Crippen LogP contribution in [0, 0.1) is 0 Å². The zero-order valence-electron chi connectivity index (χ0n) is 19.2. The zero-order valence-corrected chi connectivity index (χ0v) is 23.3. The summed E-state index contributed by atoms with van der Waals surface area (Å²) in [6.45, 7) is 2.78. The molecule has 1 N–H and O–H groups in total. The Hall–Kier alpha value is -2.55. The maximum atomic E-state index is 13.2. The first-order chi connectivity index (χ1) is 17.1. The first-order valence-corrected chi connectivity index (χ1v) is 13.9. The Morgan fingerprint density at radius 1 is 0.972 bits per heavy atom. The van der Waals surface area contributed by atoms with Gasteiger partial charge in [-0.05, 0) is 53.9 Å². The van der Waals surface area contributed by atoms with Gasteiger partial charge in [-0.3, -0.25) is 9.69 Å². The van der Waals surface area contributed by atoms with Crippen molar-refractivity contribution < 1.29 is 4.79 Å². The van der Waals surface area contributed by atoms with Crippen molar-refractivity contribution in [1.82, 2.24) is 9.88 Å². The van der Waals surface area contributed by atoms with E-state index in [1.807, 2.05) is 36.4 Å². The van der Waals surface area contributed by atoms with Crippen LogP contribution in [0.5, 0.6) is 0 Å². The summed E-state index contributed by atoms with van der Waals surface area (Å²) in [5.74, 6) is -0.0976. The molecular weight excluding hydrogens is 574 g/mol. The minimum absolute atomic E-state index is 0. The quantitative estimate of drug-likeness (QED) is 0.223. The Morgan fingerprint density at radius 3 is 2.50 bits per heavy atom. The molecule has 0 fully saturated rings. The van der Waals surface area contributed by atoms with Gasteiger partial charge >= 0.3 is 0 Å². The molecular formula is C28H23BrClN3OS2. The average Bonchev–Trinajstić information content (AvgIpc) is 3.45. The molecule has 2 aromatic heterocycles. The fourth-order valence-corrected chi connectivity index (χ4v) is 7.16. The molecule has 1 aliphatic rings. The number of thiophene rings is 1. The van der Waals surface area contributed by atoms with Crippen molar-refractivity contribution in [2.45, 2.75) is 19.5 Å². The summed E-state index contributed by atoms with van der Waals surface area (Å²) >= 11 is 6.83. The van der Waals surface area contributed by atoms with Crippen LogP contribution in [-0.4, -0.2) is 22.3 Å². The van der Waals surface area contributed by atoms with Crippen LogP contribution < -0.4 is 5.32 Å². The van der Waals surface area contributed by atoms with Crippen LogP contribution in [0.3, 0.4) is 0 Å². The van der Waals surface area contributed by atoms with Gasteiger partial charge in [0.15, 0.2) is 0 Å². The number of aromatic nitrogens is 1. The van der Waals surface area contributed by atoms with Crippen LogP contribution in [0.1, 0.15) is 26.4 Å². The van der Waals surface area contributed by atoms with Crippen LogP contribution in [0.15, 0.2) is 83.3 Å². The largest absolute Gasteiger partial charge is 0.313 e. The highest BCUT2D eigenvalue weighted by atomic mass is 79.9. The number of carbonyl (C=O) groups excluding carboxylic acids is 1. The molecule has 5 aromatic rings. The lowest BCUT2D eigenvalue weighted by atomic mass is 10.0. The molecule has 3 aromatic carbocycles. The van der Waals surface area contributed by atoms with Crippen LogP contribution in [0.25, 0.3) is 20.8 Å². The second-order valence-corrected chi connectivity index (χ2v) is 11.7. The number of amides is 1. The Bertz CT molecular complexity index is 1480. The molecule has 1 amide bonds. The average molecular weight is 597 g/mol. The number of anilines is 1. The van der Waals surface area contributed by atoms with Gasteiger partial charge in [-0.2, -0.15) is 0 Å². The van der Waals surface area contributed by atoms with Gasteiger partial charge in [-0.25, -0.2) is 4.98 Å². The highest BCUT2D eigenvalue weighted by Crippen LogP contribution is 2.46.